The Morgan fingerprint density at radius 1 is 1.82 bits per heavy atom. The summed E-state index contributed by atoms with van der Waals surface area (Å²) >= 11 is 0. The molecular formula is C5H8ClN3O2. The first-order valence-corrected chi connectivity index (χ1v) is 2.63. The minimum Gasteiger partial charge on any atom is -0.464 e. The fourth-order valence-electron chi connectivity index (χ4n) is 0.552. The van der Waals surface area contributed by atoms with Gasteiger partial charge >= 0.3 is 5.97 Å². The number of esters is 1. The molecule has 1 aromatic heterocycles. The third-order valence-corrected chi connectivity index (χ3v) is 1.00. The van der Waals surface area contributed by atoms with Crippen LogP contribution in [0.1, 0.15) is 10.5 Å². The summed E-state index contributed by atoms with van der Waals surface area (Å²) < 4.78 is 4.38. The summed E-state index contributed by atoms with van der Waals surface area (Å²) in [7, 11) is 1.29. The Bertz CT molecular complexity index is 248. The van der Waals surface area contributed by atoms with Crippen molar-refractivity contribution in [1.82, 2.24) is 10.2 Å². The molecule has 0 amide bonds. The molecule has 5 nitrogen and oxygen atoms in total. The summed E-state index contributed by atoms with van der Waals surface area (Å²) in [5, 5.41) is 5.94. The fraction of sp³-hybridized carbons (Fsp3) is 0.200. The Morgan fingerprint density at radius 3 is 2.82 bits per heavy atom. The zero-order chi connectivity index (χ0) is 7.56. The molecule has 1 heterocycles. The first kappa shape index (κ1) is 9.77. The van der Waals surface area contributed by atoms with Gasteiger partial charge in [-0.2, -0.15) is 5.10 Å². The second-order valence-electron chi connectivity index (χ2n) is 1.70. The molecule has 0 aliphatic rings. The highest BCUT2D eigenvalue weighted by Gasteiger charge is 2.06. The molecule has 0 aliphatic carbocycles. The Hall–Kier alpha value is -1.23. The van der Waals surface area contributed by atoms with Crippen LogP contribution in [0.15, 0.2) is 6.07 Å². The number of halogens is 1. The Kier molecular flexibility index (Phi) is 3.39. The summed E-state index contributed by atoms with van der Waals surface area (Å²) in [5.74, 6) is -0.190. The van der Waals surface area contributed by atoms with Crippen LogP contribution >= 0.6 is 12.4 Å². The third kappa shape index (κ3) is 2.12. The van der Waals surface area contributed by atoms with Crippen LogP contribution in [0.2, 0.25) is 0 Å². The van der Waals surface area contributed by atoms with Crippen LogP contribution in [-0.4, -0.2) is 23.3 Å². The van der Waals surface area contributed by atoms with Crippen molar-refractivity contribution in [2.24, 2.45) is 0 Å². The molecule has 1 rings (SSSR count). The standard InChI is InChI=1S/C5H7N3O2.ClH/c1-10-5(9)3-2-4(6)8-7-3;/h2H,1H3,(H3,6,7,8);1H. The number of hydrogen-bond donors (Lipinski definition) is 2. The highest BCUT2D eigenvalue weighted by Crippen LogP contribution is 2.00. The number of aromatic nitrogens is 2. The Labute approximate surface area is 69.3 Å². The zero-order valence-electron chi connectivity index (χ0n) is 5.83. The van der Waals surface area contributed by atoms with Crippen molar-refractivity contribution in [3.05, 3.63) is 11.8 Å². The lowest BCUT2D eigenvalue weighted by molar-refractivity contribution is 0.0594. The molecule has 0 spiro atoms. The first-order valence-electron chi connectivity index (χ1n) is 2.63. The Balaban J connectivity index is 0.000001000. The van der Waals surface area contributed by atoms with Crippen molar-refractivity contribution in [3.63, 3.8) is 0 Å². The van der Waals surface area contributed by atoms with Crippen LogP contribution in [0.4, 0.5) is 5.82 Å². The molecule has 0 bridgehead atoms. The van der Waals surface area contributed by atoms with E-state index in [1.165, 1.54) is 13.2 Å². The van der Waals surface area contributed by atoms with Crippen molar-refractivity contribution in [3.8, 4) is 0 Å². The number of aromatic amines is 1. The molecule has 0 saturated heterocycles. The summed E-state index contributed by atoms with van der Waals surface area (Å²) in [6.45, 7) is 0. The van der Waals surface area contributed by atoms with E-state index >= 15 is 0 Å². The monoisotopic (exact) mass is 177 g/mol. The molecule has 6 heteroatoms. The summed E-state index contributed by atoms with van der Waals surface area (Å²) in [6, 6.07) is 1.41. The average molecular weight is 178 g/mol. The normalized spacial score (nSPS) is 8.45. The second-order valence-corrected chi connectivity index (χ2v) is 1.70. The molecule has 1 aromatic rings. The number of hydrogen-bond acceptors (Lipinski definition) is 4. The lowest BCUT2D eigenvalue weighted by Crippen LogP contribution is -2.00. The van der Waals surface area contributed by atoms with E-state index < -0.39 is 5.97 Å². The molecular weight excluding hydrogens is 170 g/mol. The van der Waals surface area contributed by atoms with Crippen LogP contribution in [0.5, 0.6) is 0 Å². The molecule has 62 valence electrons. The number of carbonyl (C=O) groups is 1. The largest absolute Gasteiger partial charge is 0.464 e. The molecule has 11 heavy (non-hydrogen) atoms. The third-order valence-electron chi connectivity index (χ3n) is 1.00. The lowest BCUT2D eigenvalue weighted by atomic mass is 10.4. The maximum atomic E-state index is 10.7. The minimum absolute atomic E-state index is 0. The fourth-order valence-corrected chi connectivity index (χ4v) is 0.552. The van der Waals surface area contributed by atoms with E-state index in [9.17, 15) is 4.79 Å². The highest BCUT2D eigenvalue weighted by molar-refractivity contribution is 5.87. The molecule has 0 atom stereocenters. The molecule has 0 saturated carbocycles. The number of nitrogens with one attached hydrogen (secondary N) is 1. The predicted octanol–water partition coefficient (Wildman–Crippen LogP) is 0.200. The van der Waals surface area contributed by atoms with Gasteiger partial charge in [-0.3, -0.25) is 5.10 Å². The van der Waals surface area contributed by atoms with Gasteiger partial charge in [0, 0.05) is 6.07 Å². The van der Waals surface area contributed by atoms with E-state index in [2.05, 4.69) is 14.9 Å². The molecule has 0 aliphatic heterocycles. The van der Waals surface area contributed by atoms with Gasteiger partial charge in [0.15, 0.2) is 0 Å². The molecule has 0 aromatic carbocycles. The number of carbonyl (C=O) groups excluding carboxylic acids is 1. The van der Waals surface area contributed by atoms with Crippen LogP contribution < -0.4 is 5.73 Å². The number of rotatable bonds is 1. The van der Waals surface area contributed by atoms with E-state index in [1.54, 1.807) is 0 Å². The van der Waals surface area contributed by atoms with Crippen molar-refractivity contribution >= 4 is 24.2 Å². The number of methoxy groups -OCH3 is 1. The van der Waals surface area contributed by atoms with Crippen molar-refractivity contribution in [2.75, 3.05) is 12.8 Å². The van der Waals surface area contributed by atoms with E-state index in [1.807, 2.05) is 0 Å². The van der Waals surface area contributed by atoms with Gasteiger partial charge in [-0.15, -0.1) is 12.4 Å². The molecule has 3 N–H and O–H groups in total. The van der Waals surface area contributed by atoms with E-state index in [0.29, 0.717) is 0 Å². The topological polar surface area (TPSA) is 81.0 Å². The average Bonchev–Trinajstić information content (AvgIpc) is 2.34. The van der Waals surface area contributed by atoms with Gasteiger partial charge in [-0.25, -0.2) is 4.79 Å². The maximum Gasteiger partial charge on any atom is 0.356 e. The SMILES string of the molecule is COC(=O)c1cc(N)n[nH]1.Cl. The van der Waals surface area contributed by atoms with Crippen LogP contribution in [0.3, 0.4) is 0 Å². The van der Waals surface area contributed by atoms with Crippen LogP contribution in [0.25, 0.3) is 0 Å². The number of ether oxygens (including phenoxy) is 1. The summed E-state index contributed by atoms with van der Waals surface area (Å²) in [5.41, 5.74) is 5.48. The van der Waals surface area contributed by atoms with Gasteiger partial charge in [0.25, 0.3) is 0 Å². The molecule has 0 unspecified atom stereocenters. The zero-order valence-corrected chi connectivity index (χ0v) is 6.64. The number of nitrogen functional groups attached to an aromatic ring is 1. The van der Waals surface area contributed by atoms with E-state index in [0.717, 1.165) is 0 Å². The highest BCUT2D eigenvalue weighted by atomic mass is 35.5. The van der Waals surface area contributed by atoms with Crippen molar-refractivity contribution < 1.29 is 9.53 Å². The quantitative estimate of drug-likeness (QED) is 0.601. The number of nitrogens with zero attached hydrogens (tertiary/aromatic N) is 1. The van der Waals surface area contributed by atoms with Gasteiger partial charge in [-0.05, 0) is 0 Å². The first-order chi connectivity index (χ1) is 4.74. The van der Waals surface area contributed by atoms with Gasteiger partial charge in [-0.1, -0.05) is 0 Å². The predicted molar refractivity (Wildman–Crippen MR) is 41.6 cm³/mol. The van der Waals surface area contributed by atoms with Crippen LogP contribution in [0, 0.1) is 0 Å². The number of anilines is 1. The van der Waals surface area contributed by atoms with Crippen molar-refractivity contribution in [2.45, 2.75) is 0 Å². The summed E-state index contributed by atoms with van der Waals surface area (Å²) in [4.78, 5) is 10.7. The van der Waals surface area contributed by atoms with Crippen molar-refractivity contribution in [1.29, 1.82) is 0 Å². The number of nitrogens with two attached hydrogens (primary N) is 1. The van der Waals surface area contributed by atoms with Gasteiger partial charge < -0.3 is 10.5 Å². The van der Waals surface area contributed by atoms with E-state index in [4.69, 9.17) is 5.73 Å². The smallest absolute Gasteiger partial charge is 0.356 e. The van der Waals surface area contributed by atoms with Gasteiger partial charge in [0.05, 0.1) is 7.11 Å². The molecule has 0 radical (unpaired) electrons. The van der Waals surface area contributed by atoms with Crippen LogP contribution in [-0.2, 0) is 4.74 Å². The van der Waals surface area contributed by atoms with Gasteiger partial charge in [0.1, 0.15) is 11.5 Å². The Morgan fingerprint density at radius 2 is 2.45 bits per heavy atom. The second kappa shape index (κ2) is 3.82. The number of H-pyrrole nitrogens is 1. The minimum atomic E-state index is -0.468. The summed E-state index contributed by atoms with van der Waals surface area (Å²) in [6.07, 6.45) is 0. The molecule has 0 fully saturated rings. The lowest BCUT2D eigenvalue weighted by Gasteiger charge is -1.90. The van der Waals surface area contributed by atoms with E-state index in [-0.39, 0.29) is 23.9 Å². The maximum absolute atomic E-state index is 10.7. The van der Waals surface area contributed by atoms with Gasteiger partial charge in [0.2, 0.25) is 0 Å².